The molecule has 0 aromatic heterocycles. The Balaban J connectivity index is 1.63. The highest BCUT2D eigenvalue weighted by molar-refractivity contribution is 6.00. The first-order valence-corrected chi connectivity index (χ1v) is 12.9. The van der Waals surface area contributed by atoms with Gasteiger partial charge in [0.25, 0.3) is 0 Å². The lowest BCUT2D eigenvalue weighted by Gasteiger charge is -2.44. The molecule has 4 rings (SSSR count). The molecule has 8 heteroatoms. The van der Waals surface area contributed by atoms with Crippen LogP contribution in [0.2, 0.25) is 0 Å². The van der Waals surface area contributed by atoms with Crippen molar-refractivity contribution in [2.24, 2.45) is 17.1 Å². The Morgan fingerprint density at radius 3 is 2.38 bits per heavy atom. The number of nitrogens with two attached hydrogens (primary N) is 1. The summed E-state index contributed by atoms with van der Waals surface area (Å²) in [5.74, 6) is -0.724. The summed E-state index contributed by atoms with van der Waals surface area (Å²) < 4.78 is 5.92. The number of nitrogens with zero attached hydrogens (tertiary/aromatic N) is 1. The highest BCUT2D eigenvalue weighted by Gasteiger charge is 2.61. The third-order valence-corrected chi connectivity index (χ3v) is 7.58. The number of hydrogen-bond acceptors (Lipinski definition) is 6. The SMILES string of the molecule is CN1CC2CCNC(C(=O)[C@@H](COCc3ccccc3)NC(=O)C(C)(C)N)C2(Cc2ccccc2)C1=O. The van der Waals surface area contributed by atoms with Crippen LogP contribution < -0.4 is 16.4 Å². The molecule has 0 radical (unpaired) electrons. The summed E-state index contributed by atoms with van der Waals surface area (Å²) in [6.45, 7) is 4.68. The number of carbonyl (C=O) groups excluding carboxylic acids is 3. The Kier molecular flexibility index (Phi) is 8.11. The van der Waals surface area contributed by atoms with Crippen LogP contribution in [-0.2, 0) is 32.1 Å². The maximum Gasteiger partial charge on any atom is 0.240 e. The Morgan fingerprint density at radius 1 is 1.14 bits per heavy atom. The average Bonchev–Trinajstić information content (AvgIpc) is 3.13. The fourth-order valence-electron chi connectivity index (χ4n) is 5.62. The average molecular weight is 507 g/mol. The second-order valence-electron chi connectivity index (χ2n) is 10.9. The largest absolute Gasteiger partial charge is 0.374 e. The van der Waals surface area contributed by atoms with Gasteiger partial charge < -0.3 is 26.0 Å². The van der Waals surface area contributed by atoms with Gasteiger partial charge in [-0.25, -0.2) is 0 Å². The lowest BCUT2D eigenvalue weighted by Crippen LogP contribution is -2.66. The molecular formula is C29H38N4O4. The number of rotatable bonds is 10. The third-order valence-electron chi connectivity index (χ3n) is 7.58. The van der Waals surface area contributed by atoms with Crippen LogP contribution in [0.4, 0.5) is 0 Å². The Labute approximate surface area is 218 Å². The van der Waals surface area contributed by atoms with E-state index in [4.69, 9.17) is 10.5 Å². The molecule has 0 aliphatic carbocycles. The maximum atomic E-state index is 14.2. The number of likely N-dealkylation sites (tertiary alicyclic amines) is 1. The zero-order valence-corrected chi connectivity index (χ0v) is 21.9. The molecule has 0 bridgehead atoms. The van der Waals surface area contributed by atoms with Crippen molar-refractivity contribution in [3.63, 3.8) is 0 Å². The van der Waals surface area contributed by atoms with E-state index in [1.807, 2.05) is 60.7 Å². The zero-order valence-electron chi connectivity index (χ0n) is 21.9. The van der Waals surface area contributed by atoms with E-state index in [1.54, 1.807) is 25.8 Å². The lowest BCUT2D eigenvalue weighted by atomic mass is 9.63. The second kappa shape index (κ2) is 11.1. The summed E-state index contributed by atoms with van der Waals surface area (Å²) in [7, 11) is 1.80. The van der Waals surface area contributed by atoms with E-state index in [9.17, 15) is 14.4 Å². The topological polar surface area (TPSA) is 114 Å². The normalized spacial score (nSPS) is 24.4. The predicted molar refractivity (Wildman–Crippen MR) is 141 cm³/mol. The number of nitrogens with one attached hydrogen (secondary N) is 2. The fraction of sp³-hybridized carbons (Fsp3) is 0.483. The summed E-state index contributed by atoms with van der Waals surface area (Å²) in [5, 5.41) is 6.19. The first-order chi connectivity index (χ1) is 17.6. The van der Waals surface area contributed by atoms with Gasteiger partial charge in [-0.15, -0.1) is 0 Å². The van der Waals surface area contributed by atoms with E-state index in [0.29, 0.717) is 26.1 Å². The van der Waals surface area contributed by atoms with Gasteiger partial charge in [0.2, 0.25) is 11.8 Å². The van der Waals surface area contributed by atoms with Crippen molar-refractivity contribution in [3.8, 4) is 0 Å². The highest BCUT2D eigenvalue weighted by Crippen LogP contribution is 2.47. The van der Waals surface area contributed by atoms with Gasteiger partial charge in [0.1, 0.15) is 6.04 Å². The Hall–Kier alpha value is -3.07. The quantitative estimate of drug-likeness (QED) is 0.452. The van der Waals surface area contributed by atoms with Crippen LogP contribution in [0, 0.1) is 11.3 Å². The molecule has 0 spiro atoms. The number of benzene rings is 2. The van der Waals surface area contributed by atoms with Crippen molar-refractivity contribution in [2.75, 3.05) is 26.7 Å². The molecule has 198 valence electrons. The van der Waals surface area contributed by atoms with Crippen molar-refractivity contribution < 1.29 is 19.1 Å². The first kappa shape index (κ1) is 27.0. The number of hydrogen-bond donors (Lipinski definition) is 3. The van der Waals surface area contributed by atoms with Gasteiger partial charge in [-0.1, -0.05) is 60.7 Å². The highest BCUT2D eigenvalue weighted by atomic mass is 16.5. The van der Waals surface area contributed by atoms with Crippen molar-refractivity contribution in [1.29, 1.82) is 0 Å². The molecule has 2 aliphatic heterocycles. The third kappa shape index (κ3) is 5.76. The van der Waals surface area contributed by atoms with Crippen LogP contribution in [0.5, 0.6) is 0 Å². The molecule has 2 aromatic carbocycles. The number of fused-ring (bicyclic) bond motifs is 1. The summed E-state index contributed by atoms with van der Waals surface area (Å²) >= 11 is 0. The van der Waals surface area contributed by atoms with Gasteiger partial charge in [-0.3, -0.25) is 14.4 Å². The van der Waals surface area contributed by atoms with Crippen LogP contribution in [0.3, 0.4) is 0 Å². The van der Waals surface area contributed by atoms with E-state index >= 15 is 0 Å². The molecule has 4 atom stereocenters. The van der Waals surface area contributed by atoms with E-state index in [-0.39, 0.29) is 24.2 Å². The van der Waals surface area contributed by atoms with Crippen molar-refractivity contribution in [1.82, 2.24) is 15.5 Å². The molecule has 2 saturated heterocycles. The standard InChI is InChI=1S/C29H38N4O4/c1-28(2,30)26(35)32-23(19-37-18-21-12-8-5-9-13-21)24(34)25-29(16-20-10-6-4-7-11-20)22(14-15-31-25)17-33(3)27(29)36/h4-13,22-23,25,31H,14-19,30H2,1-3H3,(H,32,35)/t22?,23-,25?,29?/m1/s1. The molecule has 3 unspecified atom stereocenters. The fourth-order valence-corrected chi connectivity index (χ4v) is 5.62. The lowest BCUT2D eigenvalue weighted by molar-refractivity contribution is -0.145. The van der Waals surface area contributed by atoms with Crippen LogP contribution >= 0.6 is 0 Å². The van der Waals surface area contributed by atoms with E-state index in [0.717, 1.165) is 17.5 Å². The molecule has 2 fully saturated rings. The minimum atomic E-state index is -1.17. The Morgan fingerprint density at radius 2 is 1.76 bits per heavy atom. The molecule has 8 nitrogen and oxygen atoms in total. The van der Waals surface area contributed by atoms with Crippen molar-refractivity contribution >= 4 is 17.6 Å². The summed E-state index contributed by atoms with van der Waals surface area (Å²) in [4.78, 5) is 42.6. The summed E-state index contributed by atoms with van der Waals surface area (Å²) in [6, 6.07) is 17.7. The number of Topliss-reactive ketones (excluding diaryl/α,β-unsaturated/α-hetero) is 1. The van der Waals surface area contributed by atoms with Gasteiger partial charge in [0, 0.05) is 13.6 Å². The van der Waals surface area contributed by atoms with Crippen molar-refractivity contribution in [2.45, 2.75) is 50.9 Å². The van der Waals surface area contributed by atoms with Gasteiger partial charge >= 0.3 is 0 Å². The zero-order chi connectivity index (χ0) is 26.6. The molecule has 0 saturated carbocycles. The number of carbonyl (C=O) groups is 3. The molecular weight excluding hydrogens is 468 g/mol. The molecule has 2 amide bonds. The minimum absolute atomic E-state index is 0.0212. The van der Waals surface area contributed by atoms with Gasteiger partial charge in [0.15, 0.2) is 5.78 Å². The number of ketones is 1. The predicted octanol–water partition coefficient (Wildman–Crippen LogP) is 1.67. The smallest absolute Gasteiger partial charge is 0.240 e. The number of ether oxygens (including phenoxy) is 1. The molecule has 4 N–H and O–H groups in total. The molecule has 2 aliphatic rings. The van der Waals surface area contributed by atoms with Crippen LogP contribution in [0.1, 0.15) is 31.4 Å². The molecule has 37 heavy (non-hydrogen) atoms. The minimum Gasteiger partial charge on any atom is -0.374 e. The number of amides is 2. The second-order valence-corrected chi connectivity index (χ2v) is 10.9. The van der Waals surface area contributed by atoms with Crippen LogP contribution in [-0.4, -0.2) is 66.9 Å². The van der Waals surface area contributed by atoms with Gasteiger partial charge in [0.05, 0.1) is 30.2 Å². The molecule has 2 aromatic rings. The Bertz CT molecular complexity index is 1100. The van der Waals surface area contributed by atoms with Crippen molar-refractivity contribution in [3.05, 3.63) is 71.8 Å². The molecule has 2 heterocycles. The van der Waals surface area contributed by atoms with Gasteiger partial charge in [-0.05, 0) is 50.3 Å². The first-order valence-electron chi connectivity index (χ1n) is 12.9. The monoisotopic (exact) mass is 506 g/mol. The van der Waals surface area contributed by atoms with E-state index in [2.05, 4.69) is 10.6 Å². The van der Waals surface area contributed by atoms with Crippen LogP contribution in [0.25, 0.3) is 0 Å². The number of piperidine rings is 1. The summed E-state index contributed by atoms with van der Waals surface area (Å²) in [5.41, 5.74) is 5.89. The van der Waals surface area contributed by atoms with E-state index < -0.39 is 28.9 Å². The summed E-state index contributed by atoms with van der Waals surface area (Å²) in [6.07, 6.45) is 1.24. The van der Waals surface area contributed by atoms with Gasteiger partial charge in [-0.2, -0.15) is 0 Å². The van der Waals surface area contributed by atoms with E-state index in [1.165, 1.54) is 0 Å². The maximum absolute atomic E-state index is 14.2. The van der Waals surface area contributed by atoms with Crippen LogP contribution in [0.15, 0.2) is 60.7 Å².